The zero-order chi connectivity index (χ0) is 16.4. The summed E-state index contributed by atoms with van der Waals surface area (Å²) in [6.45, 7) is 3.65. The molecule has 5 heteroatoms. The molecule has 3 heterocycles. The largest absolute Gasteiger partial charge is 0.378 e. The molecule has 3 rings (SSSR count). The number of amides is 1. The van der Waals surface area contributed by atoms with E-state index >= 15 is 0 Å². The van der Waals surface area contributed by atoms with E-state index in [0.717, 1.165) is 35.8 Å². The third-order valence-electron chi connectivity index (χ3n) is 4.34. The first-order valence-corrected chi connectivity index (χ1v) is 8.87. The summed E-state index contributed by atoms with van der Waals surface area (Å²) < 4.78 is 0. The highest BCUT2D eigenvalue weighted by Crippen LogP contribution is 2.29. The number of carbonyl (C=O) groups excluding carboxylic acids is 1. The molecular formula is C18H23N3OS. The number of aryl methyl sites for hydroxylation is 1. The van der Waals surface area contributed by atoms with E-state index in [1.165, 1.54) is 5.69 Å². The number of likely N-dealkylation sites (tertiary alicyclic amines) is 1. The molecular weight excluding hydrogens is 306 g/mol. The van der Waals surface area contributed by atoms with Gasteiger partial charge in [-0.05, 0) is 36.9 Å². The van der Waals surface area contributed by atoms with Crippen molar-refractivity contribution in [3.8, 4) is 0 Å². The molecule has 1 aliphatic heterocycles. The number of nitrogens with zero attached hydrogens (tertiary/aromatic N) is 3. The van der Waals surface area contributed by atoms with Gasteiger partial charge in [-0.15, -0.1) is 11.3 Å². The molecule has 2 aromatic rings. The molecule has 0 N–H and O–H groups in total. The molecule has 1 atom stereocenters. The van der Waals surface area contributed by atoms with Gasteiger partial charge in [0.25, 0.3) is 0 Å². The fourth-order valence-electron chi connectivity index (χ4n) is 3.04. The second-order valence-electron chi connectivity index (χ2n) is 6.37. The van der Waals surface area contributed by atoms with E-state index in [1.807, 2.05) is 43.4 Å². The Kier molecular flexibility index (Phi) is 4.66. The lowest BCUT2D eigenvalue weighted by Gasteiger charge is -2.18. The van der Waals surface area contributed by atoms with Gasteiger partial charge in [0.05, 0.1) is 6.42 Å². The van der Waals surface area contributed by atoms with Crippen LogP contribution in [0.3, 0.4) is 0 Å². The maximum Gasteiger partial charge on any atom is 0.227 e. The van der Waals surface area contributed by atoms with Gasteiger partial charge in [-0.2, -0.15) is 0 Å². The van der Waals surface area contributed by atoms with E-state index < -0.39 is 0 Å². The second kappa shape index (κ2) is 6.71. The van der Waals surface area contributed by atoms with Gasteiger partial charge < -0.3 is 9.80 Å². The number of hydrogen-bond donors (Lipinski definition) is 0. The monoisotopic (exact) mass is 329 g/mol. The minimum atomic E-state index is 0.232. The summed E-state index contributed by atoms with van der Waals surface area (Å²) >= 11 is 1.65. The molecule has 0 aliphatic carbocycles. The zero-order valence-electron chi connectivity index (χ0n) is 14.0. The summed E-state index contributed by atoms with van der Waals surface area (Å²) in [4.78, 5) is 22.4. The van der Waals surface area contributed by atoms with E-state index in [1.54, 1.807) is 11.3 Å². The number of carbonyl (C=O) groups is 1. The molecule has 1 fully saturated rings. The average Bonchev–Trinajstić information content (AvgIpc) is 3.17. The van der Waals surface area contributed by atoms with Crippen molar-refractivity contribution in [3.05, 3.63) is 45.9 Å². The topological polar surface area (TPSA) is 36.4 Å². The lowest BCUT2D eigenvalue weighted by molar-refractivity contribution is -0.129. The van der Waals surface area contributed by atoms with Gasteiger partial charge in [-0.3, -0.25) is 9.78 Å². The van der Waals surface area contributed by atoms with Gasteiger partial charge in [0.15, 0.2) is 0 Å². The highest BCUT2D eigenvalue weighted by atomic mass is 32.1. The summed E-state index contributed by atoms with van der Waals surface area (Å²) in [5.41, 5.74) is 3.32. The normalized spacial score (nSPS) is 17.5. The van der Waals surface area contributed by atoms with Crippen LogP contribution in [0, 0.1) is 6.92 Å². The van der Waals surface area contributed by atoms with Gasteiger partial charge in [0, 0.05) is 55.1 Å². The lowest BCUT2D eigenvalue weighted by Crippen LogP contribution is -2.29. The van der Waals surface area contributed by atoms with Crippen LogP contribution in [0.4, 0.5) is 5.69 Å². The third-order valence-corrected chi connectivity index (χ3v) is 5.22. The summed E-state index contributed by atoms with van der Waals surface area (Å²) in [5.74, 6) is 0.580. The van der Waals surface area contributed by atoms with Gasteiger partial charge in [0.1, 0.15) is 0 Å². The van der Waals surface area contributed by atoms with Crippen LogP contribution in [0.5, 0.6) is 0 Å². The highest BCUT2D eigenvalue weighted by molar-refractivity contribution is 7.10. The van der Waals surface area contributed by atoms with Crippen molar-refractivity contribution in [1.82, 2.24) is 9.88 Å². The SMILES string of the molecule is Cc1cc(N(C)C)cc([C@H]2CCN(C(=O)Cc3cccs3)C2)n1. The van der Waals surface area contributed by atoms with Crippen molar-refractivity contribution in [2.24, 2.45) is 0 Å². The Hall–Kier alpha value is -1.88. The predicted octanol–water partition coefficient (Wildman–Crippen LogP) is 3.08. The number of anilines is 1. The van der Waals surface area contributed by atoms with Crippen molar-refractivity contribution in [1.29, 1.82) is 0 Å². The molecule has 122 valence electrons. The molecule has 0 aromatic carbocycles. The fourth-order valence-corrected chi connectivity index (χ4v) is 3.74. The zero-order valence-corrected chi connectivity index (χ0v) is 14.8. The Labute approximate surface area is 141 Å². The third kappa shape index (κ3) is 3.72. The molecule has 23 heavy (non-hydrogen) atoms. The Bertz CT molecular complexity index is 682. The van der Waals surface area contributed by atoms with Gasteiger partial charge in [-0.1, -0.05) is 6.07 Å². The van der Waals surface area contributed by atoms with Gasteiger partial charge in [0.2, 0.25) is 5.91 Å². The van der Waals surface area contributed by atoms with Crippen LogP contribution >= 0.6 is 11.3 Å². The molecule has 0 radical (unpaired) electrons. The van der Waals surface area contributed by atoms with Gasteiger partial charge >= 0.3 is 0 Å². The van der Waals surface area contributed by atoms with Crippen molar-refractivity contribution in [3.63, 3.8) is 0 Å². The van der Waals surface area contributed by atoms with E-state index in [9.17, 15) is 4.79 Å². The number of hydrogen-bond acceptors (Lipinski definition) is 4. The average molecular weight is 329 g/mol. The lowest BCUT2D eigenvalue weighted by atomic mass is 10.0. The molecule has 4 nitrogen and oxygen atoms in total. The Morgan fingerprint density at radius 2 is 2.26 bits per heavy atom. The molecule has 1 aliphatic rings. The van der Waals surface area contributed by atoms with E-state index in [-0.39, 0.29) is 5.91 Å². The molecule has 0 unspecified atom stereocenters. The summed E-state index contributed by atoms with van der Waals surface area (Å²) in [7, 11) is 4.09. The Balaban J connectivity index is 1.68. The highest BCUT2D eigenvalue weighted by Gasteiger charge is 2.28. The van der Waals surface area contributed by atoms with Crippen molar-refractivity contribution >= 4 is 22.9 Å². The number of rotatable bonds is 4. The number of pyridine rings is 1. The first-order chi connectivity index (χ1) is 11.0. The summed E-state index contributed by atoms with van der Waals surface area (Å²) in [6.07, 6.45) is 1.52. The molecule has 0 bridgehead atoms. The quantitative estimate of drug-likeness (QED) is 0.865. The Morgan fingerprint density at radius 3 is 2.96 bits per heavy atom. The minimum absolute atomic E-state index is 0.232. The maximum absolute atomic E-state index is 12.4. The van der Waals surface area contributed by atoms with Crippen molar-refractivity contribution in [2.45, 2.75) is 25.7 Å². The summed E-state index contributed by atoms with van der Waals surface area (Å²) in [5, 5.41) is 2.02. The molecule has 0 saturated carbocycles. The van der Waals surface area contributed by atoms with E-state index in [0.29, 0.717) is 12.3 Å². The Morgan fingerprint density at radius 1 is 1.43 bits per heavy atom. The molecule has 0 spiro atoms. The summed E-state index contributed by atoms with van der Waals surface area (Å²) in [6, 6.07) is 8.28. The van der Waals surface area contributed by atoms with Crippen molar-refractivity contribution < 1.29 is 4.79 Å². The van der Waals surface area contributed by atoms with Crippen LogP contribution < -0.4 is 4.90 Å². The van der Waals surface area contributed by atoms with Crippen molar-refractivity contribution in [2.75, 3.05) is 32.1 Å². The standard InChI is InChI=1S/C18H23N3OS/c1-13-9-15(20(2)3)10-17(19-13)14-6-7-21(12-14)18(22)11-16-5-4-8-23-16/h4-5,8-10,14H,6-7,11-12H2,1-3H3/t14-/m0/s1. The van der Waals surface area contributed by atoms with Gasteiger partial charge in [-0.25, -0.2) is 0 Å². The minimum Gasteiger partial charge on any atom is -0.378 e. The number of aromatic nitrogens is 1. The molecule has 1 saturated heterocycles. The molecule has 1 amide bonds. The number of thiophene rings is 1. The second-order valence-corrected chi connectivity index (χ2v) is 7.40. The smallest absolute Gasteiger partial charge is 0.227 e. The van der Waals surface area contributed by atoms with Crippen LogP contribution in [0.15, 0.2) is 29.6 Å². The van der Waals surface area contributed by atoms with Crippen LogP contribution in [-0.2, 0) is 11.2 Å². The first kappa shape index (κ1) is 16.0. The van der Waals surface area contributed by atoms with E-state index in [2.05, 4.69) is 17.0 Å². The van der Waals surface area contributed by atoms with Crippen LogP contribution in [0.1, 0.15) is 28.6 Å². The van der Waals surface area contributed by atoms with E-state index in [4.69, 9.17) is 4.98 Å². The maximum atomic E-state index is 12.4. The van der Waals surface area contributed by atoms with Crippen LogP contribution in [0.25, 0.3) is 0 Å². The van der Waals surface area contributed by atoms with Crippen LogP contribution in [-0.4, -0.2) is 43.0 Å². The predicted molar refractivity (Wildman–Crippen MR) is 95.3 cm³/mol. The van der Waals surface area contributed by atoms with Crippen LogP contribution in [0.2, 0.25) is 0 Å². The first-order valence-electron chi connectivity index (χ1n) is 7.99. The molecule has 2 aromatic heterocycles. The fraction of sp³-hybridized carbons (Fsp3) is 0.444.